The summed E-state index contributed by atoms with van der Waals surface area (Å²) in [6.45, 7) is 1.59. The van der Waals surface area contributed by atoms with E-state index in [9.17, 15) is 9.18 Å². The van der Waals surface area contributed by atoms with Crippen LogP contribution < -0.4 is 10.1 Å². The topological polar surface area (TPSA) is 38.3 Å². The van der Waals surface area contributed by atoms with Gasteiger partial charge in [-0.15, -0.1) is 0 Å². The molecule has 0 aliphatic heterocycles. The quantitative estimate of drug-likeness (QED) is 0.929. The Balaban J connectivity index is 2.01. The molecule has 0 heterocycles. The van der Waals surface area contributed by atoms with E-state index in [1.807, 2.05) is 6.07 Å². The van der Waals surface area contributed by atoms with Crippen molar-refractivity contribution in [3.8, 4) is 5.75 Å². The van der Waals surface area contributed by atoms with Crippen LogP contribution in [0.25, 0.3) is 0 Å². The third-order valence-corrected chi connectivity index (χ3v) is 2.85. The number of para-hydroxylation sites is 1. The minimum absolute atomic E-state index is 0.0721. The van der Waals surface area contributed by atoms with Crippen LogP contribution in [0.4, 0.5) is 10.1 Å². The summed E-state index contributed by atoms with van der Waals surface area (Å²) < 4.78 is 19.0. The van der Waals surface area contributed by atoms with E-state index < -0.39 is 17.8 Å². The summed E-state index contributed by atoms with van der Waals surface area (Å²) in [7, 11) is 0. The maximum Gasteiger partial charge on any atom is 0.265 e. The fraction of sp³-hybridized carbons (Fsp3) is 0.133. The molecule has 5 heteroatoms. The molecule has 0 aromatic heterocycles. The van der Waals surface area contributed by atoms with Gasteiger partial charge in [-0.1, -0.05) is 29.8 Å². The number of ether oxygens (including phenoxy) is 1. The Morgan fingerprint density at radius 3 is 2.60 bits per heavy atom. The molecular weight excluding hydrogens is 281 g/mol. The zero-order valence-corrected chi connectivity index (χ0v) is 11.5. The fourth-order valence-corrected chi connectivity index (χ4v) is 1.74. The lowest BCUT2D eigenvalue weighted by molar-refractivity contribution is -0.122. The van der Waals surface area contributed by atoms with Gasteiger partial charge in [0.25, 0.3) is 5.91 Å². The lowest BCUT2D eigenvalue weighted by Crippen LogP contribution is -2.30. The third kappa shape index (κ3) is 3.71. The summed E-state index contributed by atoms with van der Waals surface area (Å²) >= 11 is 5.65. The summed E-state index contributed by atoms with van der Waals surface area (Å²) in [6, 6.07) is 13.0. The molecule has 2 aromatic carbocycles. The smallest absolute Gasteiger partial charge is 0.265 e. The molecule has 1 atom stereocenters. The van der Waals surface area contributed by atoms with Gasteiger partial charge in [0.05, 0.1) is 5.69 Å². The van der Waals surface area contributed by atoms with Gasteiger partial charge in [0.1, 0.15) is 11.6 Å². The maximum atomic E-state index is 13.6. The molecule has 0 saturated carbocycles. The second-order valence-corrected chi connectivity index (χ2v) is 4.62. The van der Waals surface area contributed by atoms with Crippen molar-refractivity contribution in [2.24, 2.45) is 0 Å². The van der Waals surface area contributed by atoms with Gasteiger partial charge in [-0.05, 0) is 37.3 Å². The molecule has 2 aromatic rings. The number of anilines is 1. The normalized spacial score (nSPS) is 11.8. The molecule has 1 amide bonds. The Labute approximate surface area is 121 Å². The number of halogens is 2. The highest BCUT2D eigenvalue weighted by molar-refractivity contribution is 6.30. The lowest BCUT2D eigenvalue weighted by Gasteiger charge is -2.15. The van der Waals surface area contributed by atoms with E-state index >= 15 is 0 Å². The van der Waals surface area contributed by atoms with Crippen LogP contribution in [0.2, 0.25) is 5.02 Å². The van der Waals surface area contributed by atoms with Crippen LogP contribution in [0.3, 0.4) is 0 Å². The average Bonchev–Trinajstić information content (AvgIpc) is 2.43. The van der Waals surface area contributed by atoms with Crippen molar-refractivity contribution in [2.45, 2.75) is 13.0 Å². The number of hydrogen-bond donors (Lipinski definition) is 1. The van der Waals surface area contributed by atoms with Crippen molar-refractivity contribution in [2.75, 3.05) is 5.32 Å². The fourth-order valence-electron chi connectivity index (χ4n) is 1.58. The molecule has 0 fully saturated rings. The van der Waals surface area contributed by atoms with E-state index in [0.29, 0.717) is 5.75 Å². The largest absolute Gasteiger partial charge is 0.481 e. The standard InChI is InChI=1S/C15H13ClFNO2/c1-10(20-12-5-3-2-4-6-12)15(19)18-14-8-7-11(16)9-13(14)17/h2-10H,1H3,(H,18,19). The molecule has 0 aliphatic carbocycles. The van der Waals surface area contributed by atoms with Gasteiger partial charge in [0, 0.05) is 5.02 Å². The average molecular weight is 294 g/mol. The van der Waals surface area contributed by atoms with Crippen LogP contribution in [0.1, 0.15) is 6.92 Å². The van der Waals surface area contributed by atoms with Gasteiger partial charge in [-0.3, -0.25) is 4.79 Å². The monoisotopic (exact) mass is 293 g/mol. The molecule has 0 aliphatic rings. The van der Waals surface area contributed by atoms with E-state index in [1.165, 1.54) is 12.1 Å². The maximum absolute atomic E-state index is 13.6. The van der Waals surface area contributed by atoms with Gasteiger partial charge >= 0.3 is 0 Å². The first-order valence-corrected chi connectivity index (χ1v) is 6.41. The van der Waals surface area contributed by atoms with E-state index in [0.717, 1.165) is 6.07 Å². The van der Waals surface area contributed by atoms with Crippen molar-refractivity contribution in [3.63, 3.8) is 0 Å². The minimum atomic E-state index is -0.743. The van der Waals surface area contributed by atoms with Crippen LogP contribution in [0.5, 0.6) is 5.75 Å². The second-order valence-electron chi connectivity index (χ2n) is 4.19. The molecule has 0 radical (unpaired) electrons. The molecule has 104 valence electrons. The predicted molar refractivity (Wildman–Crippen MR) is 76.6 cm³/mol. The zero-order valence-electron chi connectivity index (χ0n) is 10.8. The van der Waals surface area contributed by atoms with Crippen molar-refractivity contribution in [1.82, 2.24) is 0 Å². The van der Waals surface area contributed by atoms with Gasteiger partial charge in [0.15, 0.2) is 6.10 Å². The van der Waals surface area contributed by atoms with Crippen LogP contribution in [-0.4, -0.2) is 12.0 Å². The van der Waals surface area contributed by atoms with Crippen molar-refractivity contribution >= 4 is 23.2 Å². The zero-order chi connectivity index (χ0) is 14.5. The molecule has 0 spiro atoms. The molecule has 0 bridgehead atoms. The Morgan fingerprint density at radius 2 is 1.95 bits per heavy atom. The Kier molecular flexibility index (Phi) is 4.58. The predicted octanol–water partition coefficient (Wildman–Crippen LogP) is 3.89. The highest BCUT2D eigenvalue weighted by atomic mass is 35.5. The molecule has 2 rings (SSSR count). The van der Waals surface area contributed by atoms with Crippen molar-refractivity contribution in [1.29, 1.82) is 0 Å². The number of amides is 1. The first kappa shape index (κ1) is 14.3. The second kappa shape index (κ2) is 6.39. The molecule has 20 heavy (non-hydrogen) atoms. The first-order chi connectivity index (χ1) is 9.56. The minimum Gasteiger partial charge on any atom is -0.481 e. The summed E-state index contributed by atoms with van der Waals surface area (Å²) in [5.74, 6) is -0.445. The third-order valence-electron chi connectivity index (χ3n) is 2.61. The van der Waals surface area contributed by atoms with Gasteiger partial charge in [-0.2, -0.15) is 0 Å². The van der Waals surface area contributed by atoms with Crippen LogP contribution >= 0.6 is 11.6 Å². The number of carbonyl (C=O) groups excluding carboxylic acids is 1. The number of carbonyl (C=O) groups is 1. The molecular formula is C15H13ClFNO2. The van der Waals surface area contributed by atoms with Gasteiger partial charge < -0.3 is 10.1 Å². The van der Waals surface area contributed by atoms with Crippen molar-refractivity contribution < 1.29 is 13.9 Å². The molecule has 0 saturated heterocycles. The van der Waals surface area contributed by atoms with Crippen LogP contribution in [0, 0.1) is 5.82 Å². The summed E-state index contributed by atoms with van der Waals surface area (Å²) in [6.07, 6.45) is -0.743. The summed E-state index contributed by atoms with van der Waals surface area (Å²) in [5, 5.41) is 2.73. The Hall–Kier alpha value is -2.07. The first-order valence-electron chi connectivity index (χ1n) is 6.04. The molecule has 3 nitrogen and oxygen atoms in total. The number of hydrogen-bond acceptors (Lipinski definition) is 2. The molecule has 1 unspecified atom stereocenters. The number of rotatable bonds is 4. The summed E-state index contributed by atoms with van der Waals surface area (Å²) in [4.78, 5) is 11.9. The van der Waals surface area contributed by atoms with Crippen molar-refractivity contribution in [3.05, 3.63) is 59.4 Å². The summed E-state index contributed by atoms with van der Waals surface area (Å²) in [5.41, 5.74) is 0.0721. The van der Waals surface area contributed by atoms with E-state index in [4.69, 9.17) is 16.3 Å². The van der Waals surface area contributed by atoms with E-state index in [-0.39, 0.29) is 10.7 Å². The lowest BCUT2D eigenvalue weighted by atomic mass is 10.2. The number of benzene rings is 2. The van der Waals surface area contributed by atoms with Gasteiger partial charge in [0.2, 0.25) is 0 Å². The SMILES string of the molecule is CC(Oc1ccccc1)C(=O)Nc1ccc(Cl)cc1F. The van der Waals surface area contributed by atoms with Crippen LogP contribution in [0.15, 0.2) is 48.5 Å². The Morgan fingerprint density at radius 1 is 1.25 bits per heavy atom. The molecule has 1 N–H and O–H groups in total. The van der Waals surface area contributed by atoms with E-state index in [1.54, 1.807) is 31.2 Å². The van der Waals surface area contributed by atoms with Gasteiger partial charge in [-0.25, -0.2) is 4.39 Å². The highest BCUT2D eigenvalue weighted by Crippen LogP contribution is 2.19. The highest BCUT2D eigenvalue weighted by Gasteiger charge is 2.16. The van der Waals surface area contributed by atoms with E-state index in [2.05, 4.69) is 5.32 Å². The number of nitrogens with one attached hydrogen (secondary N) is 1. The van der Waals surface area contributed by atoms with Crippen LogP contribution in [-0.2, 0) is 4.79 Å². The Bertz CT molecular complexity index is 604.